The van der Waals surface area contributed by atoms with E-state index in [1.54, 1.807) is 0 Å². The van der Waals surface area contributed by atoms with Crippen molar-refractivity contribution >= 4 is 5.69 Å². The van der Waals surface area contributed by atoms with Crippen molar-refractivity contribution in [2.24, 2.45) is 0 Å². The van der Waals surface area contributed by atoms with Gasteiger partial charge in [-0.3, -0.25) is 0 Å². The first-order valence-corrected chi connectivity index (χ1v) is 6.15. The van der Waals surface area contributed by atoms with Gasteiger partial charge in [-0.2, -0.15) is 0 Å². The van der Waals surface area contributed by atoms with Crippen molar-refractivity contribution in [2.45, 2.75) is 31.6 Å². The average molecular weight is 211 g/mol. The van der Waals surface area contributed by atoms with Gasteiger partial charge in [0.05, 0.1) is 5.41 Å². The molecule has 1 saturated carbocycles. The van der Waals surface area contributed by atoms with Crippen LogP contribution < -0.4 is 4.90 Å². The molecule has 0 spiro atoms. The predicted octanol–water partition coefficient (Wildman–Crippen LogP) is 2.73. The molecule has 0 radical (unpaired) electrons. The Bertz CT molecular complexity index is 463. The van der Waals surface area contributed by atoms with Gasteiger partial charge in [0.25, 0.3) is 0 Å². The molecule has 3 rings (SSSR count). The van der Waals surface area contributed by atoms with Crippen LogP contribution in [0.25, 0.3) is 0 Å². The van der Waals surface area contributed by atoms with Crippen LogP contribution in [0, 0.1) is 12.3 Å². The molecule has 1 aliphatic carbocycles. The summed E-state index contributed by atoms with van der Waals surface area (Å²) in [6.45, 7) is 4.48. The Labute approximate surface area is 97.5 Å². The van der Waals surface area contributed by atoms with E-state index in [-0.39, 0.29) is 5.41 Å². The third kappa shape index (κ3) is 1.26. The summed E-state index contributed by atoms with van der Waals surface area (Å²) >= 11 is 0. The summed E-state index contributed by atoms with van der Waals surface area (Å²) in [6, 6.07) is 6.84. The largest absolute Gasteiger partial charge is 0.371 e. The van der Waals surface area contributed by atoms with Gasteiger partial charge in [-0.15, -0.1) is 6.42 Å². The second kappa shape index (κ2) is 3.28. The summed E-state index contributed by atoms with van der Waals surface area (Å²) in [5.41, 5.74) is 4.36. The number of hydrogen-bond acceptors (Lipinski definition) is 1. The van der Waals surface area contributed by atoms with E-state index in [0.29, 0.717) is 0 Å². The fourth-order valence-electron chi connectivity index (χ4n) is 2.74. The zero-order valence-electron chi connectivity index (χ0n) is 9.79. The van der Waals surface area contributed by atoms with Gasteiger partial charge < -0.3 is 4.90 Å². The van der Waals surface area contributed by atoms with E-state index in [4.69, 9.17) is 6.42 Å². The van der Waals surface area contributed by atoms with Crippen molar-refractivity contribution in [1.82, 2.24) is 0 Å². The Morgan fingerprint density at radius 3 is 2.88 bits per heavy atom. The highest BCUT2D eigenvalue weighted by Crippen LogP contribution is 2.48. The second-order valence-corrected chi connectivity index (χ2v) is 4.90. The third-order valence-corrected chi connectivity index (χ3v) is 4.03. The molecule has 1 aromatic carbocycles. The number of likely N-dealkylation sites (N-methyl/N-ethyl adjacent to an activating group) is 1. The van der Waals surface area contributed by atoms with Gasteiger partial charge in [0, 0.05) is 18.8 Å². The molecule has 0 bridgehead atoms. The van der Waals surface area contributed by atoms with E-state index in [0.717, 1.165) is 6.54 Å². The molecule has 0 N–H and O–H groups in total. The van der Waals surface area contributed by atoms with Gasteiger partial charge in [-0.1, -0.05) is 18.1 Å². The molecule has 0 saturated heterocycles. The number of benzene rings is 1. The van der Waals surface area contributed by atoms with Crippen LogP contribution in [0.2, 0.25) is 0 Å². The first kappa shape index (κ1) is 9.78. The number of rotatable bonds is 2. The van der Waals surface area contributed by atoms with E-state index >= 15 is 0 Å². The number of fused-ring (bicyclic) bond motifs is 1. The number of anilines is 1. The third-order valence-electron chi connectivity index (χ3n) is 4.03. The van der Waals surface area contributed by atoms with Crippen LogP contribution in [0.3, 0.4) is 0 Å². The van der Waals surface area contributed by atoms with Crippen molar-refractivity contribution in [1.29, 1.82) is 0 Å². The van der Waals surface area contributed by atoms with Crippen molar-refractivity contribution in [3.05, 3.63) is 29.3 Å². The first-order chi connectivity index (χ1) is 7.79. The topological polar surface area (TPSA) is 3.24 Å². The molecular formula is C15H17N. The van der Waals surface area contributed by atoms with Gasteiger partial charge in [0.15, 0.2) is 0 Å². The highest BCUT2D eigenvalue weighted by Gasteiger charge is 2.42. The maximum atomic E-state index is 5.64. The SMILES string of the molecule is C#CC1(c2ccc3c(c2)CCN3CC)CC1. The zero-order valence-corrected chi connectivity index (χ0v) is 9.79. The van der Waals surface area contributed by atoms with Gasteiger partial charge in [-0.25, -0.2) is 0 Å². The fraction of sp³-hybridized carbons (Fsp3) is 0.467. The molecule has 1 nitrogen and oxygen atoms in total. The average Bonchev–Trinajstić information content (AvgIpc) is 3.03. The van der Waals surface area contributed by atoms with Crippen LogP contribution in [0.5, 0.6) is 0 Å². The van der Waals surface area contributed by atoms with Crippen molar-refractivity contribution in [3.8, 4) is 12.3 Å². The maximum absolute atomic E-state index is 5.64. The minimum Gasteiger partial charge on any atom is -0.371 e. The van der Waals surface area contributed by atoms with Gasteiger partial charge >= 0.3 is 0 Å². The van der Waals surface area contributed by atoms with Gasteiger partial charge in [0.1, 0.15) is 0 Å². The lowest BCUT2D eigenvalue weighted by Gasteiger charge is -2.17. The van der Waals surface area contributed by atoms with Crippen LogP contribution in [0.1, 0.15) is 30.9 Å². The molecule has 82 valence electrons. The predicted molar refractivity (Wildman–Crippen MR) is 67.8 cm³/mol. The molecular weight excluding hydrogens is 194 g/mol. The molecule has 0 atom stereocenters. The summed E-state index contributed by atoms with van der Waals surface area (Å²) < 4.78 is 0. The Hall–Kier alpha value is -1.42. The summed E-state index contributed by atoms with van der Waals surface area (Å²) in [6.07, 6.45) is 9.15. The molecule has 2 aliphatic rings. The van der Waals surface area contributed by atoms with Crippen LogP contribution in [0.4, 0.5) is 5.69 Å². The molecule has 1 heterocycles. The monoisotopic (exact) mass is 211 g/mol. The summed E-state index contributed by atoms with van der Waals surface area (Å²) in [5.74, 6) is 2.97. The molecule has 16 heavy (non-hydrogen) atoms. The van der Waals surface area contributed by atoms with Crippen LogP contribution in [0.15, 0.2) is 18.2 Å². The van der Waals surface area contributed by atoms with E-state index in [2.05, 4.69) is 35.9 Å². The van der Waals surface area contributed by atoms with E-state index in [1.165, 1.54) is 42.6 Å². The van der Waals surface area contributed by atoms with Crippen LogP contribution in [-0.4, -0.2) is 13.1 Å². The number of nitrogens with zero attached hydrogens (tertiary/aromatic N) is 1. The highest BCUT2D eigenvalue weighted by atomic mass is 15.1. The van der Waals surface area contributed by atoms with Crippen LogP contribution >= 0.6 is 0 Å². The van der Waals surface area contributed by atoms with E-state index < -0.39 is 0 Å². The molecule has 1 aliphatic heterocycles. The Balaban J connectivity index is 1.99. The lowest BCUT2D eigenvalue weighted by atomic mass is 9.94. The summed E-state index contributed by atoms with van der Waals surface area (Å²) in [4.78, 5) is 2.44. The smallest absolute Gasteiger partial charge is 0.0561 e. The Morgan fingerprint density at radius 2 is 2.25 bits per heavy atom. The van der Waals surface area contributed by atoms with Crippen molar-refractivity contribution in [2.75, 3.05) is 18.0 Å². The van der Waals surface area contributed by atoms with Crippen LogP contribution in [-0.2, 0) is 11.8 Å². The summed E-state index contributed by atoms with van der Waals surface area (Å²) in [5, 5.41) is 0. The molecule has 1 heteroatoms. The van der Waals surface area contributed by atoms with E-state index in [1.807, 2.05) is 0 Å². The zero-order chi connectivity index (χ0) is 11.2. The van der Waals surface area contributed by atoms with Crippen molar-refractivity contribution < 1.29 is 0 Å². The molecule has 1 fully saturated rings. The van der Waals surface area contributed by atoms with Crippen molar-refractivity contribution in [3.63, 3.8) is 0 Å². The molecule has 0 unspecified atom stereocenters. The summed E-state index contributed by atoms with van der Waals surface area (Å²) in [7, 11) is 0. The molecule has 0 aromatic heterocycles. The molecule has 0 amide bonds. The number of terminal acetylenes is 1. The van der Waals surface area contributed by atoms with E-state index in [9.17, 15) is 0 Å². The number of hydrogen-bond donors (Lipinski definition) is 0. The lowest BCUT2D eigenvalue weighted by Crippen LogP contribution is -2.19. The normalized spacial score (nSPS) is 20.4. The molecule has 1 aromatic rings. The Kier molecular flexibility index (Phi) is 2.01. The maximum Gasteiger partial charge on any atom is 0.0561 e. The van der Waals surface area contributed by atoms with Gasteiger partial charge in [-0.05, 0) is 43.4 Å². The first-order valence-electron chi connectivity index (χ1n) is 6.15. The second-order valence-electron chi connectivity index (χ2n) is 4.90. The fourth-order valence-corrected chi connectivity index (χ4v) is 2.74. The quantitative estimate of drug-likeness (QED) is 0.680. The lowest BCUT2D eigenvalue weighted by molar-refractivity contribution is 0.868. The standard InChI is InChI=1S/C15H17N/c1-3-15(8-9-15)13-5-6-14-12(11-13)7-10-16(14)4-2/h1,5-6,11H,4,7-10H2,2H3. The minimum atomic E-state index is 0.0919. The Morgan fingerprint density at radius 1 is 1.44 bits per heavy atom. The highest BCUT2D eigenvalue weighted by molar-refractivity contribution is 5.61. The van der Waals surface area contributed by atoms with Gasteiger partial charge in [0.2, 0.25) is 0 Å². The minimum absolute atomic E-state index is 0.0919.